The summed E-state index contributed by atoms with van der Waals surface area (Å²) in [6.45, 7) is 3.02. The number of piperidine rings is 1. The third-order valence-electron chi connectivity index (χ3n) is 3.36. The summed E-state index contributed by atoms with van der Waals surface area (Å²) in [4.78, 5) is 29.4. The van der Waals surface area contributed by atoms with Crippen molar-refractivity contribution in [1.82, 2.24) is 9.88 Å². The highest BCUT2D eigenvalue weighted by Gasteiger charge is 2.30. The van der Waals surface area contributed by atoms with E-state index in [0.717, 1.165) is 12.8 Å². The van der Waals surface area contributed by atoms with Crippen LogP contribution < -0.4 is 0 Å². The minimum Gasteiger partial charge on any atom is -0.505 e. The van der Waals surface area contributed by atoms with Crippen molar-refractivity contribution in [1.29, 1.82) is 0 Å². The maximum absolute atomic E-state index is 12.3. The van der Waals surface area contributed by atoms with Crippen molar-refractivity contribution < 1.29 is 19.4 Å². The molecule has 0 aliphatic carbocycles. The number of amides is 1. The zero-order valence-electron chi connectivity index (χ0n) is 11.4. The molecule has 1 atom stereocenters. The SMILES string of the molecule is CCOC(=O)[C@@H]1CCCN(C(=O)c2ccncc2O)C1. The van der Waals surface area contributed by atoms with Crippen LogP contribution in [-0.4, -0.2) is 46.6 Å². The van der Waals surface area contributed by atoms with E-state index >= 15 is 0 Å². The van der Waals surface area contributed by atoms with E-state index < -0.39 is 0 Å². The van der Waals surface area contributed by atoms with Crippen LogP contribution in [0.4, 0.5) is 0 Å². The topological polar surface area (TPSA) is 79.7 Å². The van der Waals surface area contributed by atoms with Gasteiger partial charge in [-0.15, -0.1) is 0 Å². The third-order valence-corrected chi connectivity index (χ3v) is 3.36. The average molecular weight is 278 g/mol. The number of hydrogen-bond donors (Lipinski definition) is 1. The summed E-state index contributed by atoms with van der Waals surface area (Å²) in [6.07, 6.45) is 4.17. The first-order valence-corrected chi connectivity index (χ1v) is 6.72. The van der Waals surface area contributed by atoms with Gasteiger partial charge in [-0.2, -0.15) is 0 Å². The highest BCUT2D eigenvalue weighted by atomic mass is 16.5. The molecule has 0 spiro atoms. The van der Waals surface area contributed by atoms with Gasteiger partial charge in [0.1, 0.15) is 5.75 Å². The molecule has 1 aliphatic heterocycles. The summed E-state index contributed by atoms with van der Waals surface area (Å²) < 4.78 is 5.00. The van der Waals surface area contributed by atoms with Gasteiger partial charge >= 0.3 is 5.97 Å². The van der Waals surface area contributed by atoms with Gasteiger partial charge in [0.2, 0.25) is 0 Å². The number of hydrogen-bond acceptors (Lipinski definition) is 5. The summed E-state index contributed by atoms with van der Waals surface area (Å²) >= 11 is 0. The second-order valence-corrected chi connectivity index (χ2v) is 4.74. The number of nitrogens with zero attached hydrogens (tertiary/aromatic N) is 2. The fraction of sp³-hybridized carbons (Fsp3) is 0.500. The molecule has 20 heavy (non-hydrogen) atoms. The Morgan fingerprint density at radius 3 is 3.05 bits per heavy atom. The van der Waals surface area contributed by atoms with E-state index in [1.807, 2.05) is 0 Å². The molecule has 1 aromatic heterocycles. The second-order valence-electron chi connectivity index (χ2n) is 4.74. The maximum Gasteiger partial charge on any atom is 0.310 e. The summed E-state index contributed by atoms with van der Waals surface area (Å²) in [5.41, 5.74) is 0.213. The second kappa shape index (κ2) is 6.36. The monoisotopic (exact) mass is 278 g/mol. The molecule has 0 aromatic carbocycles. The van der Waals surface area contributed by atoms with E-state index in [2.05, 4.69) is 4.98 Å². The summed E-state index contributed by atoms with van der Waals surface area (Å²) in [6, 6.07) is 1.48. The Labute approximate surface area is 117 Å². The molecular weight excluding hydrogens is 260 g/mol. The molecule has 0 unspecified atom stereocenters. The van der Waals surface area contributed by atoms with Gasteiger partial charge in [-0.05, 0) is 25.8 Å². The average Bonchev–Trinajstić information content (AvgIpc) is 2.47. The predicted molar refractivity (Wildman–Crippen MR) is 71.2 cm³/mol. The van der Waals surface area contributed by atoms with Crippen LogP contribution in [0.3, 0.4) is 0 Å². The van der Waals surface area contributed by atoms with Crippen molar-refractivity contribution >= 4 is 11.9 Å². The quantitative estimate of drug-likeness (QED) is 0.840. The first-order valence-electron chi connectivity index (χ1n) is 6.72. The Morgan fingerprint density at radius 2 is 2.35 bits per heavy atom. The Morgan fingerprint density at radius 1 is 1.55 bits per heavy atom. The molecule has 1 fully saturated rings. The molecule has 0 bridgehead atoms. The summed E-state index contributed by atoms with van der Waals surface area (Å²) in [5.74, 6) is -0.963. The minimum atomic E-state index is -0.281. The highest BCUT2D eigenvalue weighted by Crippen LogP contribution is 2.22. The van der Waals surface area contributed by atoms with Crippen molar-refractivity contribution in [2.45, 2.75) is 19.8 Å². The van der Waals surface area contributed by atoms with Gasteiger partial charge in [0.05, 0.1) is 24.3 Å². The molecule has 1 N–H and O–H groups in total. The first-order chi connectivity index (χ1) is 9.63. The molecule has 6 nitrogen and oxygen atoms in total. The number of aromatic hydroxyl groups is 1. The molecule has 2 rings (SSSR count). The molecule has 1 aromatic rings. The number of ether oxygens (including phenoxy) is 1. The van der Waals surface area contributed by atoms with Crippen LogP contribution in [0.5, 0.6) is 5.75 Å². The van der Waals surface area contributed by atoms with Gasteiger partial charge in [0.15, 0.2) is 0 Å². The van der Waals surface area contributed by atoms with Crippen LogP contribution in [0.1, 0.15) is 30.1 Å². The van der Waals surface area contributed by atoms with Crippen molar-refractivity contribution in [2.24, 2.45) is 5.92 Å². The number of rotatable bonds is 3. The Balaban J connectivity index is 2.07. The lowest BCUT2D eigenvalue weighted by Crippen LogP contribution is -2.42. The van der Waals surface area contributed by atoms with E-state index in [9.17, 15) is 14.7 Å². The molecular formula is C14H18N2O4. The van der Waals surface area contributed by atoms with Gasteiger partial charge in [-0.1, -0.05) is 0 Å². The molecule has 2 heterocycles. The third kappa shape index (κ3) is 3.07. The van der Waals surface area contributed by atoms with Crippen LogP contribution in [0, 0.1) is 5.92 Å². The zero-order chi connectivity index (χ0) is 14.5. The van der Waals surface area contributed by atoms with Crippen molar-refractivity contribution in [3.8, 4) is 5.75 Å². The molecule has 1 amide bonds. The number of carbonyl (C=O) groups is 2. The smallest absolute Gasteiger partial charge is 0.310 e. The Hall–Kier alpha value is -2.11. The fourth-order valence-corrected chi connectivity index (χ4v) is 2.35. The van der Waals surface area contributed by atoms with Crippen LogP contribution in [0.25, 0.3) is 0 Å². The number of aromatic nitrogens is 1. The Bertz CT molecular complexity index is 504. The van der Waals surface area contributed by atoms with Crippen molar-refractivity contribution in [2.75, 3.05) is 19.7 Å². The van der Waals surface area contributed by atoms with Crippen LogP contribution >= 0.6 is 0 Å². The predicted octanol–water partition coefficient (Wildman–Crippen LogP) is 1.20. The molecule has 0 saturated carbocycles. The Kier molecular flexibility index (Phi) is 4.55. The number of esters is 1. The molecule has 6 heteroatoms. The van der Waals surface area contributed by atoms with E-state index in [1.165, 1.54) is 18.5 Å². The molecule has 1 saturated heterocycles. The van der Waals surface area contributed by atoms with Gasteiger partial charge in [0.25, 0.3) is 5.91 Å². The van der Waals surface area contributed by atoms with Crippen LogP contribution in [-0.2, 0) is 9.53 Å². The normalized spacial score (nSPS) is 18.6. The highest BCUT2D eigenvalue weighted by molar-refractivity contribution is 5.96. The number of carbonyl (C=O) groups excluding carboxylic acids is 2. The lowest BCUT2D eigenvalue weighted by molar-refractivity contribution is -0.149. The fourth-order valence-electron chi connectivity index (χ4n) is 2.35. The van der Waals surface area contributed by atoms with Crippen molar-refractivity contribution in [3.05, 3.63) is 24.0 Å². The molecule has 0 radical (unpaired) electrons. The van der Waals surface area contributed by atoms with Gasteiger partial charge < -0.3 is 14.7 Å². The van der Waals surface area contributed by atoms with Gasteiger partial charge in [-0.3, -0.25) is 14.6 Å². The minimum absolute atomic E-state index is 0.143. The number of pyridine rings is 1. The first kappa shape index (κ1) is 14.3. The summed E-state index contributed by atoms with van der Waals surface area (Å²) in [5, 5.41) is 9.67. The lowest BCUT2D eigenvalue weighted by Gasteiger charge is -2.31. The van der Waals surface area contributed by atoms with Crippen LogP contribution in [0.2, 0.25) is 0 Å². The largest absolute Gasteiger partial charge is 0.505 e. The van der Waals surface area contributed by atoms with E-state index in [4.69, 9.17) is 4.74 Å². The molecule has 1 aliphatic rings. The maximum atomic E-state index is 12.3. The van der Waals surface area contributed by atoms with Crippen LogP contribution in [0.15, 0.2) is 18.5 Å². The van der Waals surface area contributed by atoms with Gasteiger partial charge in [-0.25, -0.2) is 0 Å². The van der Waals surface area contributed by atoms with E-state index in [0.29, 0.717) is 19.7 Å². The number of likely N-dealkylation sites (tertiary alicyclic amines) is 1. The van der Waals surface area contributed by atoms with E-state index in [-0.39, 0.29) is 29.1 Å². The molecule has 108 valence electrons. The van der Waals surface area contributed by atoms with Gasteiger partial charge in [0, 0.05) is 19.3 Å². The zero-order valence-corrected chi connectivity index (χ0v) is 11.4. The lowest BCUT2D eigenvalue weighted by atomic mass is 9.97. The standard InChI is InChI=1S/C14H18N2O4/c1-2-20-14(19)10-4-3-7-16(9-10)13(18)11-5-6-15-8-12(11)17/h5-6,8,10,17H,2-4,7,9H2,1H3/t10-/m1/s1. The van der Waals surface area contributed by atoms with Crippen molar-refractivity contribution in [3.63, 3.8) is 0 Å². The summed E-state index contributed by atoms with van der Waals surface area (Å²) in [7, 11) is 0. The van der Waals surface area contributed by atoms with E-state index in [1.54, 1.807) is 11.8 Å².